The van der Waals surface area contributed by atoms with Crippen LogP contribution in [-0.4, -0.2) is 107 Å². The minimum Gasteiger partial charge on any atom is -0.479 e. The number of terminal acetylenes is 2. The first-order valence-electron chi connectivity index (χ1n) is 16.0. The van der Waals surface area contributed by atoms with Crippen molar-refractivity contribution in [2.75, 3.05) is 40.3 Å². The van der Waals surface area contributed by atoms with E-state index >= 15 is 0 Å². The van der Waals surface area contributed by atoms with Crippen LogP contribution in [0.4, 0.5) is 9.59 Å². The van der Waals surface area contributed by atoms with Crippen molar-refractivity contribution in [2.45, 2.75) is 63.8 Å². The fourth-order valence-corrected chi connectivity index (χ4v) is 4.96. The quantitative estimate of drug-likeness (QED) is 0.188. The average Bonchev–Trinajstić information content (AvgIpc) is 3.71. The van der Waals surface area contributed by atoms with Crippen LogP contribution in [0.25, 0.3) is 0 Å². The maximum atomic E-state index is 11.8. The Morgan fingerprint density at radius 3 is 1.42 bits per heavy atom. The molecule has 2 amide bonds. The lowest BCUT2D eigenvalue weighted by atomic mass is 10.1. The Hall–Kier alpha value is -5.12. The molecule has 0 bridgehead atoms. The Morgan fingerprint density at radius 1 is 0.760 bits per heavy atom. The standard InChI is InChI=1S/2C16H20N2O2.C4H6O6/c2*1-4-10-17-15-9-7-12-6-8-13(11-14(12)15)20-16(19)18(3)5-2;5-1(3(7)8)2(6)4(9)10/h2*1,6,8,11,15,17H,5,7,9-10H2,2-3H3;1-2,5-6H,(H,7,8)(H,9,10)/t2*15-;1-,2-/m111/s1. The summed E-state index contributed by atoms with van der Waals surface area (Å²) >= 11 is 0. The van der Waals surface area contributed by atoms with Crippen LogP contribution in [-0.2, 0) is 22.4 Å². The highest BCUT2D eigenvalue weighted by atomic mass is 16.6. The van der Waals surface area contributed by atoms with E-state index in [4.69, 9.17) is 42.7 Å². The van der Waals surface area contributed by atoms with Gasteiger partial charge in [0, 0.05) is 39.3 Å². The Kier molecular flexibility index (Phi) is 16.8. The van der Waals surface area contributed by atoms with E-state index in [1.54, 1.807) is 14.1 Å². The smallest absolute Gasteiger partial charge is 0.414 e. The van der Waals surface area contributed by atoms with Crippen LogP contribution < -0.4 is 20.1 Å². The van der Waals surface area contributed by atoms with Gasteiger partial charge in [-0.3, -0.25) is 10.6 Å². The Labute approximate surface area is 292 Å². The number of aliphatic hydroxyl groups is 2. The first kappa shape index (κ1) is 41.1. The van der Waals surface area contributed by atoms with E-state index in [-0.39, 0.29) is 24.3 Å². The van der Waals surface area contributed by atoms with Crippen LogP contribution in [0.15, 0.2) is 36.4 Å². The molecule has 0 unspecified atom stereocenters. The van der Waals surface area contributed by atoms with E-state index in [1.165, 1.54) is 32.1 Å². The van der Waals surface area contributed by atoms with Gasteiger partial charge in [0.1, 0.15) is 11.5 Å². The SMILES string of the molecule is C#CCN[C@@H]1CCc2ccc(OC(=O)N(C)CC)cc21.C#CCN[C@@H]1CCc2ccc(OC(=O)N(C)CC)cc21.O=C(O)[C@H](O)[C@@H](O)C(=O)O. The molecule has 0 spiro atoms. The van der Waals surface area contributed by atoms with Gasteiger partial charge in [0.05, 0.1) is 13.1 Å². The number of rotatable bonds is 11. The number of hydrogen-bond acceptors (Lipinski definition) is 10. The number of benzene rings is 2. The summed E-state index contributed by atoms with van der Waals surface area (Å²) in [6, 6.07) is 12.2. The fraction of sp³-hybridized carbons (Fsp3) is 0.444. The first-order chi connectivity index (χ1) is 23.8. The van der Waals surface area contributed by atoms with Gasteiger partial charge in [0.15, 0.2) is 12.2 Å². The van der Waals surface area contributed by atoms with Crippen molar-refractivity contribution in [3.8, 4) is 36.2 Å². The number of carbonyl (C=O) groups is 4. The minimum absolute atomic E-state index is 0.253. The number of carboxylic acids is 2. The number of amides is 2. The topological polar surface area (TPSA) is 198 Å². The molecule has 0 saturated heterocycles. The predicted octanol–water partition coefficient (Wildman–Crippen LogP) is 2.57. The molecule has 0 fully saturated rings. The van der Waals surface area contributed by atoms with E-state index in [9.17, 15) is 19.2 Å². The monoisotopic (exact) mass is 694 g/mol. The zero-order valence-electron chi connectivity index (χ0n) is 28.7. The van der Waals surface area contributed by atoms with Gasteiger partial charge in [-0.25, -0.2) is 19.2 Å². The highest BCUT2D eigenvalue weighted by Gasteiger charge is 2.29. The number of aliphatic hydroxyl groups excluding tert-OH is 2. The zero-order valence-corrected chi connectivity index (χ0v) is 28.7. The van der Waals surface area contributed by atoms with E-state index in [1.807, 2.05) is 50.2 Å². The zero-order chi connectivity index (χ0) is 37.4. The largest absolute Gasteiger partial charge is 0.479 e. The van der Waals surface area contributed by atoms with Crippen molar-refractivity contribution in [3.05, 3.63) is 58.7 Å². The lowest BCUT2D eigenvalue weighted by Crippen LogP contribution is -2.39. The molecular weight excluding hydrogens is 648 g/mol. The van der Waals surface area contributed by atoms with Gasteiger partial charge in [-0.2, -0.15) is 0 Å². The number of hydrogen-bond donors (Lipinski definition) is 6. The maximum absolute atomic E-state index is 11.8. The van der Waals surface area contributed by atoms with Gasteiger partial charge in [0.25, 0.3) is 0 Å². The summed E-state index contributed by atoms with van der Waals surface area (Å²) in [5, 5.41) is 39.2. The second kappa shape index (κ2) is 20.4. The molecule has 0 radical (unpaired) electrons. The Balaban J connectivity index is 0.000000276. The second-order valence-corrected chi connectivity index (χ2v) is 11.4. The molecule has 0 aliphatic heterocycles. The summed E-state index contributed by atoms with van der Waals surface area (Å²) in [5.41, 5.74) is 4.96. The van der Waals surface area contributed by atoms with Crippen molar-refractivity contribution in [2.24, 2.45) is 0 Å². The lowest BCUT2D eigenvalue weighted by molar-refractivity contribution is -0.165. The third kappa shape index (κ3) is 12.1. The van der Waals surface area contributed by atoms with Gasteiger partial charge in [-0.05, 0) is 86.1 Å². The molecule has 4 atom stereocenters. The highest BCUT2D eigenvalue weighted by Crippen LogP contribution is 2.35. The summed E-state index contributed by atoms with van der Waals surface area (Å²) in [7, 11) is 3.43. The van der Waals surface area contributed by atoms with Crippen molar-refractivity contribution >= 4 is 24.1 Å². The second-order valence-electron chi connectivity index (χ2n) is 11.4. The van der Waals surface area contributed by atoms with Crippen LogP contribution in [0.2, 0.25) is 0 Å². The van der Waals surface area contributed by atoms with E-state index < -0.39 is 24.1 Å². The summed E-state index contributed by atoms with van der Waals surface area (Å²) in [6.07, 6.45) is 9.48. The minimum atomic E-state index is -2.27. The average molecular weight is 695 g/mol. The summed E-state index contributed by atoms with van der Waals surface area (Å²) < 4.78 is 10.7. The summed E-state index contributed by atoms with van der Waals surface area (Å²) in [4.78, 5) is 46.1. The predicted molar refractivity (Wildman–Crippen MR) is 185 cm³/mol. The number of fused-ring (bicyclic) bond motifs is 2. The molecule has 50 heavy (non-hydrogen) atoms. The third-order valence-electron chi connectivity index (χ3n) is 8.08. The number of aryl methyl sites for hydroxylation is 2. The normalized spacial score (nSPS) is 16.2. The van der Waals surface area contributed by atoms with Gasteiger partial charge in [-0.15, -0.1) is 12.8 Å². The molecule has 2 aromatic carbocycles. The van der Waals surface area contributed by atoms with Gasteiger partial charge >= 0.3 is 24.1 Å². The van der Waals surface area contributed by atoms with E-state index in [2.05, 4.69) is 22.5 Å². The van der Waals surface area contributed by atoms with Crippen molar-refractivity contribution in [3.63, 3.8) is 0 Å². The van der Waals surface area contributed by atoms with E-state index in [0.717, 1.165) is 25.7 Å². The maximum Gasteiger partial charge on any atom is 0.414 e. The summed E-state index contributed by atoms with van der Waals surface area (Å²) in [5.74, 6) is 2.82. The molecule has 2 aliphatic rings. The number of carboxylic acid groups (broad SMARTS) is 2. The third-order valence-corrected chi connectivity index (χ3v) is 8.08. The molecule has 14 heteroatoms. The summed E-state index contributed by atoms with van der Waals surface area (Å²) in [6.45, 7) is 6.15. The molecule has 2 aliphatic carbocycles. The van der Waals surface area contributed by atoms with E-state index in [0.29, 0.717) is 37.7 Å². The molecule has 2 aromatic rings. The van der Waals surface area contributed by atoms with Crippen molar-refractivity contribution in [1.82, 2.24) is 20.4 Å². The Bertz CT molecular complexity index is 1450. The van der Waals surface area contributed by atoms with Crippen LogP contribution >= 0.6 is 0 Å². The number of aliphatic carboxylic acids is 2. The number of carbonyl (C=O) groups excluding carboxylic acids is 2. The van der Waals surface area contributed by atoms with Crippen LogP contribution in [0.1, 0.15) is 61.0 Å². The fourth-order valence-electron chi connectivity index (χ4n) is 4.96. The molecule has 0 saturated carbocycles. The van der Waals surface area contributed by atoms with Crippen LogP contribution in [0.5, 0.6) is 11.5 Å². The number of nitrogens with zero attached hydrogens (tertiary/aromatic N) is 2. The number of nitrogens with one attached hydrogen (secondary N) is 2. The molecule has 6 N–H and O–H groups in total. The molecule has 270 valence electrons. The lowest BCUT2D eigenvalue weighted by Gasteiger charge is -2.16. The van der Waals surface area contributed by atoms with Gasteiger partial charge in [-0.1, -0.05) is 24.0 Å². The van der Waals surface area contributed by atoms with Gasteiger partial charge < -0.3 is 39.7 Å². The molecular formula is C36H46N4O10. The first-order valence-corrected chi connectivity index (χ1v) is 16.0. The number of ether oxygens (including phenoxy) is 2. The Morgan fingerprint density at radius 2 is 1.12 bits per heavy atom. The molecule has 0 heterocycles. The molecule has 0 aromatic heterocycles. The van der Waals surface area contributed by atoms with Crippen LogP contribution in [0.3, 0.4) is 0 Å². The molecule has 14 nitrogen and oxygen atoms in total. The van der Waals surface area contributed by atoms with Crippen molar-refractivity contribution in [1.29, 1.82) is 0 Å². The van der Waals surface area contributed by atoms with Crippen LogP contribution in [0, 0.1) is 24.7 Å². The highest BCUT2D eigenvalue weighted by molar-refractivity contribution is 5.83. The molecule has 4 rings (SSSR count). The van der Waals surface area contributed by atoms with Crippen molar-refractivity contribution < 1.29 is 49.1 Å². The van der Waals surface area contributed by atoms with Gasteiger partial charge in [0.2, 0.25) is 0 Å².